The van der Waals surface area contributed by atoms with Crippen LogP contribution in [0.1, 0.15) is 11.3 Å². The normalized spacial score (nSPS) is 10.6. The predicted molar refractivity (Wildman–Crippen MR) is 104 cm³/mol. The van der Waals surface area contributed by atoms with Crippen molar-refractivity contribution in [3.05, 3.63) is 72.1 Å². The van der Waals surface area contributed by atoms with E-state index in [0.717, 1.165) is 28.0 Å². The van der Waals surface area contributed by atoms with Gasteiger partial charge in [0.05, 0.1) is 19.4 Å². The number of benzene rings is 2. The maximum atomic E-state index is 10.6. The molecule has 1 heterocycles. The Balaban J connectivity index is 1.95. The molecular formula is C22H21NO4. The monoisotopic (exact) mass is 363 g/mol. The van der Waals surface area contributed by atoms with Crippen LogP contribution in [0.3, 0.4) is 0 Å². The van der Waals surface area contributed by atoms with Gasteiger partial charge in [0.2, 0.25) is 0 Å². The van der Waals surface area contributed by atoms with Crippen LogP contribution in [0, 0.1) is 6.92 Å². The van der Waals surface area contributed by atoms with Gasteiger partial charge in [0.1, 0.15) is 12.4 Å². The van der Waals surface area contributed by atoms with Gasteiger partial charge >= 0.3 is 5.97 Å². The summed E-state index contributed by atoms with van der Waals surface area (Å²) in [5.74, 6) is -0.242. The van der Waals surface area contributed by atoms with Crippen LogP contribution in [-0.4, -0.2) is 29.8 Å². The van der Waals surface area contributed by atoms with E-state index in [1.165, 1.54) is 5.56 Å². The molecule has 138 valence electrons. The molecule has 0 amide bonds. The van der Waals surface area contributed by atoms with E-state index in [1.807, 2.05) is 30.3 Å². The number of aliphatic carboxylic acids is 1. The largest absolute Gasteiger partial charge is 0.496 e. The minimum atomic E-state index is -1.00. The summed E-state index contributed by atoms with van der Waals surface area (Å²) in [6.45, 7) is 1.86. The highest BCUT2D eigenvalue weighted by Crippen LogP contribution is 2.34. The van der Waals surface area contributed by atoms with E-state index in [0.29, 0.717) is 5.69 Å². The van der Waals surface area contributed by atoms with Crippen molar-refractivity contribution in [3.63, 3.8) is 0 Å². The van der Waals surface area contributed by atoms with E-state index >= 15 is 0 Å². The van der Waals surface area contributed by atoms with E-state index in [4.69, 9.17) is 14.6 Å². The first-order valence-electron chi connectivity index (χ1n) is 8.57. The molecule has 0 aliphatic carbocycles. The minimum Gasteiger partial charge on any atom is -0.496 e. The fraction of sp³-hybridized carbons (Fsp3) is 0.182. The fourth-order valence-electron chi connectivity index (χ4n) is 2.91. The Kier molecular flexibility index (Phi) is 5.84. The molecule has 0 saturated carbocycles. The Hall–Kier alpha value is -3.18. The van der Waals surface area contributed by atoms with Crippen molar-refractivity contribution in [3.8, 4) is 28.0 Å². The minimum absolute atomic E-state index is 0.139. The molecule has 0 aliphatic rings. The summed E-state index contributed by atoms with van der Waals surface area (Å²) < 4.78 is 10.7. The second kappa shape index (κ2) is 8.47. The summed E-state index contributed by atoms with van der Waals surface area (Å²) in [4.78, 5) is 14.8. The average molecular weight is 363 g/mol. The van der Waals surface area contributed by atoms with Crippen molar-refractivity contribution in [2.45, 2.75) is 13.5 Å². The molecule has 3 aromatic rings. The zero-order valence-corrected chi connectivity index (χ0v) is 15.3. The fourth-order valence-corrected chi connectivity index (χ4v) is 2.91. The summed E-state index contributed by atoms with van der Waals surface area (Å²) in [6.07, 6.45) is 1.69. The Morgan fingerprint density at radius 1 is 1.04 bits per heavy atom. The molecule has 0 spiro atoms. The number of carboxylic acids is 1. The van der Waals surface area contributed by atoms with Gasteiger partial charge in [-0.05, 0) is 47.9 Å². The van der Waals surface area contributed by atoms with Crippen LogP contribution in [0.25, 0.3) is 22.3 Å². The topological polar surface area (TPSA) is 68.7 Å². The number of aromatic nitrogens is 1. The second-order valence-electron chi connectivity index (χ2n) is 6.21. The molecule has 0 saturated heterocycles. The van der Waals surface area contributed by atoms with Gasteiger partial charge in [-0.2, -0.15) is 0 Å². The van der Waals surface area contributed by atoms with Crippen LogP contribution in [0.2, 0.25) is 0 Å². The number of aryl methyl sites for hydroxylation is 1. The SMILES string of the molecule is COc1ccc(-c2cccc(C)c2)cc1-c1ccnc(COCC(=O)O)c1. The zero-order valence-electron chi connectivity index (χ0n) is 15.3. The molecule has 0 bridgehead atoms. The smallest absolute Gasteiger partial charge is 0.329 e. The number of hydrogen-bond acceptors (Lipinski definition) is 4. The summed E-state index contributed by atoms with van der Waals surface area (Å²) in [7, 11) is 1.64. The summed E-state index contributed by atoms with van der Waals surface area (Å²) in [6, 6.07) is 18.2. The van der Waals surface area contributed by atoms with Crippen molar-refractivity contribution >= 4 is 5.97 Å². The molecule has 3 rings (SSSR count). The lowest BCUT2D eigenvalue weighted by Crippen LogP contribution is -2.07. The zero-order chi connectivity index (χ0) is 19.2. The van der Waals surface area contributed by atoms with Crippen molar-refractivity contribution in [1.29, 1.82) is 0 Å². The van der Waals surface area contributed by atoms with Crippen LogP contribution in [0.5, 0.6) is 5.75 Å². The number of nitrogens with zero attached hydrogens (tertiary/aromatic N) is 1. The highest BCUT2D eigenvalue weighted by atomic mass is 16.5. The van der Waals surface area contributed by atoms with Crippen LogP contribution in [0.4, 0.5) is 0 Å². The first-order valence-corrected chi connectivity index (χ1v) is 8.57. The van der Waals surface area contributed by atoms with Gasteiger partial charge in [-0.1, -0.05) is 35.9 Å². The first kappa shape index (κ1) is 18.6. The molecule has 1 aromatic heterocycles. The molecule has 0 unspecified atom stereocenters. The van der Waals surface area contributed by atoms with Crippen LogP contribution in [0.15, 0.2) is 60.8 Å². The molecule has 0 radical (unpaired) electrons. The molecule has 5 heteroatoms. The second-order valence-corrected chi connectivity index (χ2v) is 6.21. The van der Waals surface area contributed by atoms with Crippen molar-refractivity contribution in [1.82, 2.24) is 4.98 Å². The number of rotatable bonds is 7. The molecule has 0 atom stereocenters. The number of carbonyl (C=O) groups is 1. The van der Waals surface area contributed by atoms with Gasteiger partial charge in [0, 0.05) is 11.8 Å². The number of hydrogen-bond donors (Lipinski definition) is 1. The predicted octanol–water partition coefficient (Wildman–Crippen LogP) is 4.33. The highest BCUT2D eigenvalue weighted by Gasteiger charge is 2.10. The van der Waals surface area contributed by atoms with Gasteiger partial charge in [0.25, 0.3) is 0 Å². The number of pyridine rings is 1. The highest BCUT2D eigenvalue weighted by molar-refractivity contribution is 5.78. The van der Waals surface area contributed by atoms with Gasteiger partial charge < -0.3 is 14.6 Å². The van der Waals surface area contributed by atoms with Gasteiger partial charge in [-0.15, -0.1) is 0 Å². The van der Waals surface area contributed by atoms with Crippen LogP contribution < -0.4 is 4.74 Å². The van der Waals surface area contributed by atoms with Gasteiger partial charge in [-0.3, -0.25) is 4.98 Å². The van der Waals surface area contributed by atoms with E-state index in [9.17, 15) is 4.79 Å². The Labute approximate surface area is 158 Å². The Bertz CT molecular complexity index is 953. The lowest BCUT2D eigenvalue weighted by atomic mass is 9.97. The van der Waals surface area contributed by atoms with Crippen molar-refractivity contribution in [2.24, 2.45) is 0 Å². The molecule has 5 nitrogen and oxygen atoms in total. The molecular weight excluding hydrogens is 342 g/mol. The maximum Gasteiger partial charge on any atom is 0.329 e. The lowest BCUT2D eigenvalue weighted by Gasteiger charge is -2.12. The van der Waals surface area contributed by atoms with E-state index < -0.39 is 5.97 Å². The summed E-state index contributed by atoms with van der Waals surface area (Å²) in [5.41, 5.74) is 5.97. The number of methoxy groups -OCH3 is 1. The molecule has 0 fully saturated rings. The number of ether oxygens (including phenoxy) is 2. The van der Waals surface area contributed by atoms with Gasteiger partial charge in [0.15, 0.2) is 0 Å². The van der Waals surface area contributed by atoms with Crippen molar-refractivity contribution in [2.75, 3.05) is 13.7 Å². The summed E-state index contributed by atoms with van der Waals surface area (Å²) in [5, 5.41) is 8.69. The third-order valence-corrected chi connectivity index (χ3v) is 4.15. The quantitative estimate of drug-likeness (QED) is 0.676. The third kappa shape index (κ3) is 4.71. The van der Waals surface area contributed by atoms with Crippen LogP contribution in [-0.2, 0) is 16.1 Å². The van der Waals surface area contributed by atoms with Gasteiger partial charge in [-0.25, -0.2) is 4.79 Å². The standard InChI is InChI=1S/C22H21NO4/c1-15-4-3-5-16(10-15)17-6-7-21(26-2)20(12-17)18-8-9-23-19(11-18)13-27-14-22(24)25/h3-12H,13-14H2,1-2H3,(H,24,25). The molecule has 27 heavy (non-hydrogen) atoms. The third-order valence-electron chi connectivity index (χ3n) is 4.15. The Morgan fingerprint density at radius 3 is 2.59 bits per heavy atom. The Morgan fingerprint density at radius 2 is 1.85 bits per heavy atom. The molecule has 2 aromatic carbocycles. The van der Waals surface area contributed by atoms with Crippen molar-refractivity contribution < 1.29 is 19.4 Å². The van der Waals surface area contributed by atoms with E-state index in [-0.39, 0.29) is 13.2 Å². The molecule has 0 aliphatic heterocycles. The lowest BCUT2D eigenvalue weighted by molar-refractivity contribution is -0.142. The number of carboxylic acid groups (broad SMARTS) is 1. The van der Waals surface area contributed by atoms with E-state index in [1.54, 1.807) is 13.3 Å². The van der Waals surface area contributed by atoms with E-state index in [2.05, 4.69) is 36.2 Å². The molecule has 1 N–H and O–H groups in total. The van der Waals surface area contributed by atoms with Crippen LogP contribution >= 0.6 is 0 Å². The average Bonchev–Trinajstić information content (AvgIpc) is 2.67. The first-order chi connectivity index (χ1) is 13.1. The maximum absolute atomic E-state index is 10.6. The summed E-state index contributed by atoms with van der Waals surface area (Å²) >= 11 is 0.